The van der Waals surface area contributed by atoms with Gasteiger partial charge in [-0.1, -0.05) is 0 Å². The fourth-order valence-corrected chi connectivity index (χ4v) is 53.2. The van der Waals surface area contributed by atoms with Crippen molar-refractivity contribution in [2.45, 2.75) is 0 Å². The van der Waals surface area contributed by atoms with E-state index in [-0.39, 0.29) is 0 Å². The topological polar surface area (TPSA) is 0 Å². The van der Waals surface area contributed by atoms with E-state index in [9.17, 15) is 0 Å². The van der Waals surface area contributed by atoms with Crippen LogP contribution in [0.5, 0.6) is 0 Å². The van der Waals surface area contributed by atoms with Crippen molar-refractivity contribution in [1.82, 2.24) is 0 Å². The third kappa shape index (κ3) is 9.44. The Balaban J connectivity index is 1.06. The molecule has 0 bridgehead atoms. The minimum atomic E-state index is -1.03. The van der Waals surface area contributed by atoms with Crippen LogP contribution in [0, 0.1) is 0 Å². The van der Waals surface area contributed by atoms with Crippen LogP contribution in [-0.4, -0.2) is 234 Å². The maximum absolute atomic E-state index is 2.62. The second-order valence-electron chi connectivity index (χ2n) is 12.2. The molecule has 0 amide bonds. The van der Waals surface area contributed by atoms with Gasteiger partial charge in [-0.25, -0.2) is 0 Å². The van der Waals surface area contributed by atoms with Crippen molar-refractivity contribution in [3.63, 3.8) is 0 Å². The van der Waals surface area contributed by atoms with Crippen LogP contribution in [0.4, 0.5) is 0 Å². The zero-order valence-electron chi connectivity index (χ0n) is 28.8. The van der Waals surface area contributed by atoms with Gasteiger partial charge >= 0.3 is 428 Å². The van der Waals surface area contributed by atoms with Gasteiger partial charge in [-0.3, -0.25) is 0 Å². The van der Waals surface area contributed by atoms with Crippen molar-refractivity contribution in [1.29, 1.82) is 0 Å². The van der Waals surface area contributed by atoms with Crippen LogP contribution < -0.4 is 0 Å². The van der Waals surface area contributed by atoms with E-state index in [1.54, 1.807) is 64.7 Å². The molecule has 9 heteroatoms. The molecule has 0 radical (unpaired) electrons. The molecule has 9 heterocycles. The van der Waals surface area contributed by atoms with Crippen LogP contribution in [0.25, 0.3) is 0 Å². The van der Waals surface area contributed by atoms with Crippen molar-refractivity contribution in [3.05, 3.63) is 195 Å². The molecule has 0 unspecified atom stereocenters. The van der Waals surface area contributed by atoms with Gasteiger partial charge in [-0.05, 0) is 0 Å². The Kier molecular flexibility index (Phi) is 15.9. The van der Waals surface area contributed by atoms with E-state index in [1.807, 2.05) is 3.21 Å². The molecule has 0 saturated heterocycles. The van der Waals surface area contributed by atoms with Crippen molar-refractivity contribution < 1.29 is 0 Å². The van der Waals surface area contributed by atoms with Crippen molar-refractivity contribution in [2.75, 3.05) is 0 Å². The Hall–Kier alpha value is 2.10. The molecule has 0 saturated carbocycles. The standard InChI is InChI=1S/C45H29.9Bi/c1-10-19-21-23-32-40(25-13-4)34-42(27-15-6)36-44(29-17-8)38-45(30-18-9)37-43(28-16-7)35-41(26-14-5)33-39(24-12-3)31-22-20-11-2;;;;;;;;;/h1-22,24-30H;;;;;;;;;. The summed E-state index contributed by atoms with van der Waals surface area (Å²) in [6, 6.07) is 0. The Morgan fingerprint density at radius 3 is 0.796 bits per heavy atom. The number of hydrogen-bond donors (Lipinski definition) is 0. The molecule has 9 rings (SSSR count). The van der Waals surface area contributed by atoms with Gasteiger partial charge in [0.25, 0.3) is 0 Å². The summed E-state index contributed by atoms with van der Waals surface area (Å²) < 4.78 is 39.3. The van der Waals surface area contributed by atoms with Crippen LogP contribution in [-0.2, 0) is 0 Å². The first-order chi connectivity index (χ1) is 26.8. The third-order valence-electron chi connectivity index (χ3n) is 9.03. The summed E-state index contributed by atoms with van der Waals surface area (Å²) in [7, 11) is 0. The van der Waals surface area contributed by atoms with Gasteiger partial charge in [0, 0.05) is 0 Å². The molecule has 54 heavy (non-hydrogen) atoms. The van der Waals surface area contributed by atoms with Crippen LogP contribution in [0.2, 0.25) is 0 Å². The summed E-state index contributed by atoms with van der Waals surface area (Å²) >= 11 is -8.24. The summed E-state index contributed by atoms with van der Waals surface area (Å²) in [4.78, 5) is 0. The zero-order valence-corrected chi connectivity index (χ0v) is 60.1. The zero-order chi connectivity index (χ0) is 36.1. The van der Waals surface area contributed by atoms with E-state index >= 15 is 0 Å². The first-order valence-electron chi connectivity index (χ1n) is 17.4. The first kappa shape index (κ1) is 41.5. The SMILES string of the molecule is C1=[CH][Bi]=[C](C2=CC=[CH][Bi]=[C]2C2=CC=[CH][Bi]=[C]2C2=CC=[CH][Bi]=[C]2C2=CC=[CH][Bi]=[C]2C2=CC=[CH][Bi]=[C]2C2=CC=[CH][Bi]=[C]2C2=CC=[CH][Bi]=[C]2[C]2=[Bi][CH]=CC=C2)C=C1. The van der Waals surface area contributed by atoms with E-state index in [1.165, 1.54) is 0 Å². The molecule has 9 aliphatic heterocycles. The molecule has 0 nitrogen and oxygen atoms in total. The summed E-state index contributed by atoms with van der Waals surface area (Å²) in [6.07, 6.45) is 49.0. The maximum atomic E-state index is 2.62. The van der Waals surface area contributed by atoms with E-state index in [4.69, 9.17) is 0 Å². The van der Waals surface area contributed by atoms with E-state index < -0.39 is 205 Å². The average molecular weight is 2450 g/mol. The average Bonchev–Trinajstić information content (AvgIpc) is 3.27. The molecule has 9 aliphatic rings. The Labute approximate surface area is 418 Å². The molecule has 0 atom stereocenters. The van der Waals surface area contributed by atoms with Gasteiger partial charge in [-0.2, -0.15) is 0 Å². The Morgan fingerprint density at radius 2 is 0.463 bits per heavy atom. The monoisotopic (exact) mass is 2450 g/mol. The van der Waals surface area contributed by atoms with Gasteiger partial charge < -0.3 is 0 Å². The van der Waals surface area contributed by atoms with Gasteiger partial charge in [-0.15, -0.1) is 0 Å². The summed E-state index contributed by atoms with van der Waals surface area (Å²) in [5, 5.41) is 0. The molecule has 0 N–H and O–H groups in total. The Morgan fingerprint density at radius 1 is 0.204 bits per heavy atom. The quantitative estimate of drug-likeness (QED) is 0.329. The van der Waals surface area contributed by atoms with Gasteiger partial charge in [0.1, 0.15) is 0 Å². The van der Waals surface area contributed by atoms with E-state index in [2.05, 4.69) is 156 Å². The normalized spacial score (nSPS) is 21.9. The number of hydrogen-bond acceptors (Lipinski definition) is 0. The molecule has 0 spiro atoms. The summed E-state index contributed by atoms with van der Waals surface area (Å²) in [6.45, 7) is 0. The van der Waals surface area contributed by atoms with E-state index in [0.717, 1.165) is 0 Å². The predicted molar refractivity (Wildman–Crippen MR) is 254 cm³/mol. The van der Waals surface area contributed by atoms with Crippen molar-refractivity contribution in [3.8, 4) is 0 Å². The fraction of sp³-hybridized carbons (Fsp3) is 0. The van der Waals surface area contributed by atoms with Crippen LogP contribution in [0.1, 0.15) is 0 Å². The molecule has 0 aliphatic carbocycles. The fourth-order valence-electron chi connectivity index (χ4n) is 6.71. The third-order valence-corrected chi connectivity index (χ3v) is 48.5. The first-order valence-corrected chi connectivity index (χ1v) is 51.1. The van der Waals surface area contributed by atoms with Gasteiger partial charge in [0.2, 0.25) is 0 Å². The molecular weight excluding hydrogens is 2420 g/mol. The van der Waals surface area contributed by atoms with Crippen LogP contribution in [0.15, 0.2) is 195 Å². The van der Waals surface area contributed by atoms with Crippen molar-refractivity contribution >= 4 is 234 Å². The van der Waals surface area contributed by atoms with Gasteiger partial charge in [0.05, 0.1) is 0 Å². The molecule has 0 aromatic carbocycles. The molecular formula is C45H29Bi9. The molecule has 0 aromatic rings. The van der Waals surface area contributed by atoms with E-state index in [0.29, 0.717) is 0 Å². The molecule has 0 aromatic heterocycles. The molecule has 0 fully saturated rings. The Bertz CT molecular complexity index is 2460. The predicted octanol–water partition coefficient (Wildman–Crippen LogP) is 3.22. The van der Waals surface area contributed by atoms with Crippen molar-refractivity contribution in [2.24, 2.45) is 0 Å². The second-order valence-corrected chi connectivity index (χ2v) is 47.6. The van der Waals surface area contributed by atoms with Crippen LogP contribution >= 0.6 is 0 Å². The minimum absolute atomic E-state index is 0.732. The van der Waals surface area contributed by atoms with Gasteiger partial charge in [0.15, 0.2) is 0 Å². The summed E-state index contributed by atoms with van der Waals surface area (Å²) in [5.41, 5.74) is 11.6. The molecule has 254 valence electrons. The summed E-state index contributed by atoms with van der Waals surface area (Å²) in [5.74, 6) is 0. The van der Waals surface area contributed by atoms with Crippen LogP contribution in [0.3, 0.4) is 0 Å². The second kappa shape index (κ2) is 20.8. The number of rotatable bonds is 8. The number of allylic oxidation sites excluding steroid dienone is 27.